The zero-order chi connectivity index (χ0) is 12.8. The number of hydrazine groups is 1. The molecule has 0 aliphatic rings. The minimum atomic E-state index is -0.195. The van der Waals surface area contributed by atoms with E-state index in [1.54, 1.807) is 18.6 Å². The van der Waals surface area contributed by atoms with Gasteiger partial charge in [0.15, 0.2) is 0 Å². The number of ether oxygens (including phenoxy) is 1. The number of nitrogens with two attached hydrogens (primary N) is 1. The molecule has 2 heterocycles. The van der Waals surface area contributed by atoms with Crippen LogP contribution in [0.4, 0.5) is 0 Å². The van der Waals surface area contributed by atoms with Gasteiger partial charge < -0.3 is 4.74 Å². The summed E-state index contributed by atoms with van der Waals surface area (Å²) >= 11 is 0. The molecule has 5 heteroatoms. The molecular formula is C13H16N4O. The van der Waals surface area contributed by atoms with Crippen LogP contribution in [0.5, 0.6) is 5.75 Å². The van der Waals surface area contributed by atoms with Gasteiger partial charge in [-0.15, -0.1) is 0 Å². The Morgan fingerprint density at radius 3 is 2.94 bits per heavy atom. The maximum atomic E-state index is 5.60. The standard InChI is InChI=1S/C13H16N4O/c1-2-18-11-7-10(8-15-9-11)13(17-14)12-5-3-4-6-16-12/h3-9,13,17H,2,14H2,1H3. The van der Waals surface area contributed by atoms with Crippen LogP contribution in [0, 0.1) is 0 Å². The third kappa shape index (κ3) is 2.82. The lowest BCUT2D eigenvalue weighted by atomic mass is 10.1. The summed E-state index contributed by atoms with van der Waals surface area (Å²) in [5, 5.41) is 0. The minimum absolute atomic E-state index is 0.195. The molecule has 0 bridgehead atoms. The number of pyridine rings is 2. The van der Waals surface area contributed by atoms with Crippen molar-refractivity contribution in [3.8, 4) is 5.75 Å². The smallest absolute Gasteiger partial charge is 0.137 e. The van der Waals surface area contributed by atoms with E-state index in [1.807, 2.05) is 31.2 Å². The van der Waals surface area contributed by atoms with Gasteiger partial charge in [-0.2, -0.15) is 0 Å². The summed E-state index contributed by atoms with van der Waals surface area (Å²) in [6.07, 6.45) is 5.17. The number of nitrogens with zero attached hydrogens (tertiary/aromatic N) is 2. The molecule has 0 saturated carbocycles. The van der Waals surface area contributed by atoms with Gasteiger partial charge in [0.1, 0.15) is 5.75 Å². The molecule has 0 amide bonds. The SMILES string of the molecule is CCOc1cncc(C(NN)c2ccccn2)c1. The zero-order valence-corrected chi connectivity index (χ0v) is 10.2. The van der Waals surface area contributed by atoms with E-state index in [4.69, 9.17) is 10.6 Å². The molecular weight excluding hydrogens is 228 g/mol. The number of aromatic nitrogens is 2. The molecule has 1 atom stereocenters. The maximum absolute atomic E-state index is 5.60. The second-order valence-electron chi connectivity index (χ2n) is 3.74. The highest BCUT2D eigenvalue weighted by Gasteiger charge is 2.14. The highest BCUT2D eigenvalue weighted by atomic mass is 16.5. The monoisotopic (exact) mass is 244 g/mol. The molecule has 2 rings (SSSR count). The lowest BCUT2D eigenvalue weighted by molar-refractivity contribution is 0.338. The summed E-state index contributed by atoms with van der Waals surface area (Å²) in [5.74, 6) is 6.33. The van der Waals surface area contributed by atoms with Gasteiger partial charge in [0.25, 0.3) is 0 Å². The molecule has 2 aromatic heterocycles. The van der Waals surface area contributed by atoms with Crippen LogP contribution in [0.15, 0.2) is 42.9 Å². The fraction of sp³-hybridized carbons (Fsp3) is 0.231. The van der Waals surface area contributed by atoms with E-state index in [0.29, 0.717) is 6.61 Å². The summed E-state index contributed by atoms with van der Waals surface area (Å²) in [6, 6.07) is 7.42. The first-order valence-corrected chi connectivity index (χ1v) is 5.80. The molecule has 94 valence electrons. The largest absolute Gasteiger partial charge is 0.492 e. The van der Waals surface area contributed by atoms with Crippen molar-refractivity contribution in [2.24, 2.45) is 5.84 Å². The minimum Gasteiger partial charge on any atom is -0.492 e. The fourth-order valence-electron chi connectivity index (χ4n) is 1.74. The van der Waals surface area contributed by atoms with Gasteiger partial charge in [-0.25, -0.2) is 5.43 Å². The van der Waals surface area contributed by atoms with Gasteiger partial charge >= 0.3 is 0 Å². The van der Waals surface area contributed by atoms with Crippen molar-refractivity contribution in [3.05, 3.63) is 54.1 Å². The van der Waals surface area contributed by atoms with Crippen LogP contribution in [0.3, 0.4) is 0 Å². The number of nitrogens with one attached hydrogen (secondary N) is 1. The molecule has 0 aromatic carbocycles. The highest BCUT2D eigenvalue weighted by molar-refractivity contribution is 5.31. The molecule has 0 fully saturated rings. The van der Waals surface area contributed by atoms with Crippen molar-refractivity contribution in [2.45, 2.75) is 13.0 Å². The van der Waals surface area contributed by atoms with Crippen LogP contribution in [-0.2, 0) is 0 Å². The van der Waals surface area contributed by atoms with Crippen molar-refractivity contribution < 1.29 is 4.74 Å². The average Bonchev–Trinajstić information content (AvgIpc) is 2.42. The third-order valence-electron chi connectivity index (χ3n) is 2.53. The first-order valence-electron chi connectivity index (χ1n) is 5.80. The van der Waals surface area contributed by atoms with Crippen molar-refractivity contribution >= 4 is 0 Å². The van der Waals surface area contributed by atoms with E-state index in [1.165, 1.54) is 0 Å². The topological polar surface area (TPSA) is 73.1 Å². The highest BCUT2D eigenvalue weighted by Crippen LogP contribution is 2.22. The summed E-state index contributed by atoms with van der Waals surface area (Å²) in [5.41, 5.74) is 4.51. The molecule has 1 unspecified atom stereocenters. The first-order chi connectivity index (χ1) is 8.85. The molecule has 0 aliphatic heterocycles. The van der Waals surface area contributed by atoms with E-state index in [9.17, 15) is 0 Å². The van der Waals surface area contributed by atoms with E-state index >= 15 is 0 Å². The number of hydrogen-bond acceptors (Lipinski definition) is 5. The summed E-state index contributed by atoms with van der Waals surface area (Å²) in [7, 11) is 0. The molecule has 0 radical (unpaired) electrons. The molecule has 2 aromatic rings. The Morgan fingerprint density at radius 2 is 2.28 bits per heavy atom. The van der Waals surface area contributed by atoms with Gasteiger partial charge in [-0.3, -0.25) is 15.8 Å². The lowest BCUT2D eigenvalue weighted by Gasteiger charge is -2.16. The molecule has 5 nitrogen and oxygen atoms in total. The lowest BCUT2D eigenvalue weighted by Crippen LogP contribution is -2.29. The zero-order valence-electron chi connectivity index (χ0n) is 10.2. The molecule has 18 heavy (non-hydrogen) atoms. The van der Waals surface area contributed by atoms with Crippen LogP contribution in [0.2, 0.25) is 0 Å². The first kappa shape index (κ1) is 12.5. The Hall–Kier alpha value is -1.98. The Balaban J connectivity index is 2.30. The number of rotatable bonds is 5. The fourth-order valence-corrected chi connectivity index (χ4v) is 1.74. The predicted octanol–water partition coefficient (Wildman–Crippen LogP) is 1.43. The van der Waals surface area contributed by atoms with E-state index in [-0.39, 0.29) is 6.04 Å². The van der Waals surface area contributed by atoms with Gasteiger partial charge in [0.05, 0.1) is 24.5 Å². The number of hydrogen-bond donors (Lipinski definition) is 2. The van der Waals surface area contributed by atoms with E-state index in [0.717, 1.165) is 17.0 Å². The summed E-state index contributed by atoms with van der Waals surface area (Å²) in [4.78, 5) is 8.44. The Labute approximate surface area is 106 Å². The molecule has 0 spiro atoms. The van der Waals surface area contributed by atoms with Crippen LogP contribution in [0.25, 0.3) is 0 Å². The van der Waals surface area contributed by atoms with Crippen LogP contribution in [0.1, 0.15) is 24.2 Å². The van der Waals surface area contributed by atoms with Gasteiger partial charge in [0, 0.05) is 12.4 Å². The Bertz CT molecular complexity index is 489. The van der Waals surface area contributed by atoms with Gasteiger partial charge in [-0.05, 0) is 30.7 Å². The predicted molar refractivity (Wildman–Crippen MR) is 68.8 cm³/mol. The average molecular weight is 244 g/mol. The Kier molecular flexibility index (Phi) is 4.22. The van der Waals surface area contributed by atoms with E-state index < -0.39 is 0 Å². The normalized spacial score (nSPS) is 12.1. The molecule has 0 saturated heterocycles. The van der Waals surface area contributed by atoms with Crippen molar-refractivity contribution in [3.63, 3.8) is 0 Å². The second kappa shape index (κ2) is 6.09. The van der Waals surface area contributed by atoms with E-state index in [2.05, 4.69) is 15.4 Å². The van der Waals surface area contributed by atoms with Crippen LogP contribution < -0.4 is 16.0 Å². The quantitative estimate of drug-likeness (QED) is 0.615. The Morgan fingerprint density at radius 1 is 1.39 bits per heavy atom. The van der Waals surface area contributed by atoms with Gasteiger partial charge in [-0.1, -0.05) is 6.07 Å². The maximum Gasteiger partial charge on any atom is 0.137 e. The summed E-state index contributed by atoms with van der Waals surface area (Å²) in [6.45, 7) is 2.54. The van der Waals surface area contributed by atoms with Crippen LogP contribution >= 0.6 is 0 Å². The van der Waals surface area contributed by atoms with Crippen LogP contribution in [-0.4, -0.2) is 16.6 Å². The van der Waals surface area contributed by atoms with Crippen molar-refractivity contribution in [1.29, 1.82) is 0 Å². The van der Waals surface area contributed by atoms with Gasteiger partial charge in [0.2, 0.25) is 0 Å². The summed E-state index contributed by atoms with van der Waals surface area (Å²) < 4.78 is 5.43. The molecule has 0 aliphatic carbocycles. The van der Waals surface area contributed by atoms with Crippen molar-refractivity contribution in [1.82, 2.24) is 15.4 Å². The third-order valence-corrected chi connectivity index (χ3v) is 2.53. The van der Waals surface area contributed by atoms with Crippen molar-refractivity contribution in [2.75, 3.05) is 6.61 Å². The second-order valence-corrected chi connectivity index (χ2v) is 3.74. The molecule has 3 N–H and O–H groups in total.